The Hall–Kier alpha value is -2.54. The van der Waals surface area contributed by atoms with Crippen molar-refractivity contribution in [3.8, 4) is 11.5 Å². The average molecular weight is 449 g/mol. The maximum absolute atomic E-state index is 12.3. The third-order valence-electron chi connectivity index (χ3n) is 4.12. The minimum atomic E-state index is -0.765. The van der Waals surface area contributed by atoms with Crippen LogP contribution in [-0.2, 0) is 4.79 Å². The predicted octanol–water partition coefficient (Wildman–Crippen LogP) is 4.08. The number of carbonyl (C=O) groups excluding carboxylic acids is 2. The molecule has 0 heterocycles. The minimum Gasteiger partial charge on any atom is -0.492 e. The van der Waals surface area contributed by atoms with E-state index in [1.165, 1.54) is 0 Å². The first-order valence-electron chi connectivity index (χ1n) is 9.08. The van der Waals surface area contributed by atoms with Gasteiger partial charge in [-0.05, 0) is 84.6 Å². The van der Waals surface area contributed by atoms with E-state index < -0.39 is 17.9 Å². The number of nitrogens with one attached hydrogen (secondary N) is 2. The number of hydrogen-bond donors (Lipinski definition) is 2. The zero-order valence-corrected chi connectivity index (χ0v) is 18.1. The Kier molecular flexibility index (Phi) is 7.87. The van der Waals surface area contributed by atoms with Crippen molar-refractivity contribution in [1.82, 2.24) is 10.9 Å². The molecule has 0 fully saturated rings. The highest BCUT2D eigenvalue weighted by molar-refractivity contribution is 9.10. The maximum atomic E-state index is 12.3. The number of benzene rings is 2. The Bertz CT molecular complexity index is 854. The lowest BCUT2D eigenvalue weighted by Gasteiger charge is -2.16. The van der Waals surface area contributed by atoms with Gasteiger partial charge in [0.15, 0.2) is 6.10 Å². The maximum Gasteiger partial charge on any atom is 0.279 e. The van der Waals surface area contributed by atoms with Crippen LogP contribution >= 0.6 is 15.9 Å². The number of amides is 2. The molecule has 2 rings (SSSR count). The van der Waals surface area contributed by atoms with Crippen LogP contribution in [-0.4, -0.2) is 24.5 Å². The first kappa shape index (κ1) is 21.8. The highest BCUT2D eigenvalue weighted by Gasteiger charge is 2.16. The molecule has 0 saturated carbocycles. The van der Waals surface area contributed by atoms with E-state index in [2.05, 4.69) is 26.8 Å². The first-order valence-corrected chi connectivity index (χ1v) is 9.87. The Morgan fingerprint density at radius 3 is 2.46 bits per heavy atom. The molecule has 0 aliphatic rings. The van der Waals surface area contributed by atoms with Crippen molar-refractivity contribution >= 4 is 27.7 Å². The van der Waals surface area contributed by atoms with Gasteiger partial charge in [0, 0.05) is 5.56 Å². The van der Waals surface area contributed by atoms with Gasteiger partial charge in [-0.2, -0.15) is 0 Å². The van der Waals surface area contributed by atoms with Gasteiger partial charge in [0.1, 0.15) is 11.5 Å². The van der Waals surface area contributed by atoms with Crippen molar-refractivity contribution in [3.05, 3.63) is 57.6 Å². The molecule has 0 aliphatic heterocycles. The number of ether oxygens (including phenoxy) is 2. The van der Waals surface area contributed by atoms with Gasteiger partial charge in [-0.15, -0.1) is 0 Å². The summed E-state index contributed by atoms with van der Waals surface area (Å²) in [5.74, 6) is 0.379. The Balaban J connectivity index is 1.89. The van der Waals surface area contributed by atoms with Crippen molar-refractivity contribution in [2.24, 2.45) is 0 Å². The van der Waals surface area contributed by atoms with Gasteiger partial charge in [0.05, 0.1) is 11.1 Å². The predicted molar refractivity (Wildman–Crippen MR) is 112 cm³/mol. The van der Waals surface area contributed by atoms with Crippen LogP contribution in [0.15, 0.2) is 40.9 Å². The monoisotopic (exact) mass is 448 g/mol. The van der Waals surface area contributed by atoms with E-state index in [1.54, 1.807) is 25.1 Å². The van der Waals surface area contributed by atoms with Gasteiger partial charge in [0.25, 0.3) is 11.8 Å². The molecule has 7 heteroatoms. The molecule has 0 aromatic heterocycles. The van der Waals surface area contributed by atoms with Crippen LogP contribution in [0.25, 0.3) is 0 Å². The van der Waals surface area contributed by atoms with Crippen LogP contribution in [0.3, 0.4) is 0 Å². The zero-order chi connectivity index (χ0) is 20.7. The molecule has 0 saturated heterocycles. The van der Waals surface area contributed by atoms with Crippen molar-refractivity contribution in [2.75, 3.05) is 6.61 Å². The highest BCUT2D eigenvalue weighted by atomic mass is 79.9. The number of aryl methyl sites for hydroxylation is 2. The molecule has 6 nitrogen and oxygen atoms in total. The van der Waals surface area contributed by atoms with E-state index in [9.17, 15) is 9.59 Å². The zero-order valence-electron chi connectivity index (χ0n) is 16.5. The summed E-state index contributed by atoms with van der Waals surface area (Å²) >= 11 is 3.38. The van der Waals surface area contributed by atoms with Crippen molar-refractivity contribution in [3.63, 3.8) is 0 Å². The van der Waals surface area contributed by atoms with E-state index in [4.69, 9.17) is 9.47 Å². The molecule has 2 N–H and O–H groups in total. The SMILES string of the molecule is CCCOc1ccc(C(=O)NNC(=O)C(C)Oc2ccc(C)c(C)c2)cc1Br. The summed E-state index contributed by atoms with van der Waals surface area (Å²) in [5, 5.41) is 0. The molecular weight excluding hydrogens is 424 g/mol. The lowest BCUT2D eigenvalue weighted by molar-refractivity contribution is -0.128. The Morgan fingerprint density at radius 2 is 1.82 bits per heavy atom. The Labute approximate surface area is 173 Å². The first-order chi connectivity index (χ1) is 13.3. The van der Waals surface area contributed by atoms with Crippen LogP contribution in [0.4, 0.5) is 0 Å². The number of hydrazine groups is 1. The summed E-state index contributed by atoms with van der Waals surface area (Å²) in [5.41, 5.74) is 7.39. The fourth-order valence-corrected chi connectivity index (χ4v) is 2.80. The minimum absolute atomic E-state index is 0.388. The molecule has 28 heavy (non-hydrogen) atoms. The van der Waals surface area contributed by atoms with E-state index in [-0.39, 0.29) is 0 Å². The molecule has 1 atom stereocenters. The van der Waals surface area contributed by atoms with Gasteiger partial charge in [-0.25, -0.2) is 0 Å². The van der Waals surface area contributed by atoms with Gasteiger partial charge in [-0.1, -0.05) is 13.0 Å². The van der Waals surface area contributed by atoms with E-state index in [0.29, 0.717) is 28.1 Å². The number of hydrogen-bond acceptors (Lipinski definition) is 4. The van der Waals surface area contributed by atoms with Gasteiger partial charge in [0.2, 0.25) is 0 Å². The summed E-state index contributed by atoms with van der Waals surface area (Å²) in [6.07, 6.45) is 0.127. The van der Waals surface area contributed by atoms with Crippen LogP contribution in [0.5, 0.6) is 11.5 Å². The number of rotatable bonds is 7. The lowest BCUT2D eigenvalue weighted by atomic mass is 10.1. The molecule has 150 valence electrons. The molecule has 2 amide bonds. The molecule has 0 bridgehead atoms. The molecule has 2 aromatic carbocycles. The third-order valence-corrected chi connectivity index (χ3v) is 4.74. The third kappa shape index (κ3) is 5.99. The Morgan fingerprint density at radius 1 is 1.07 bits per heavy atom. The number of halogens is 1. The van der Waals surface area contributed by atoms with E-state index in [1.807, 2.05) is 39.0 Å². The van der Waals surface area contributed by atoms with Crippen LogP contribution in [0.2, 0.25) is 0 Å². The van der Waals surface area contributed by atoms with Gasteiger partial charge >= 0.3 is 0 Å². The van der Waals surface area contributed by atoms with Crippen LogP contribution < -0.4 is 20.3 Å². The second-order valence-electron chi connectivity index (χ2n) is 6.44. The average Bonchev–Trinajstić information content (AvgIpc) is 2.67. The quantitative estimate of drug-likeness (QED) is 0.625. The molecular formula is C21H25BrN2O4. The topological polar surface area (TPSA) is 76.7 Å². The molecule has 0 aliphatic carbocycles. The lowest BCUT2D eigenvalue weighted by Crippen LogP contribution is -2.47. The molecule has 1 unspecified atom stereocenters. The second-order valence-corrected chi connectivity index (χ2v) is 7.30. The summed E-state index contributed by atoms with van der Waals surface area (Å²) in [7, 11) is 0. The summed E-state index contributed by atoms with van der Waals surface area (Å²) in [6.45, 7) is 8.21. The molecule has 2 aromatic rings. The summed E-state index contributed by atoms with van der Waals surface area (Å²) in [6, 6.07) is 10.6. The van der Waals surface area contributed by atoms with E-state index >= 15 is 0 Å². The van der Waals surface area contributed by atoms with Crippen molar-refractivity contribution < 1.29 is 19.1 Å². The summed E-state index contributed by atoms with van der Waals surface area (Å²) < 4.78 is 11.9. The molecule has 0 spiro atoms. The normalized spacial score (nSPS) is 11.5. The number of carbonyl (C=O) groups is 2. The second kappa shape index (κ2) is 10.1. The van der Waals surface area contributed by atoms with Gasteiger partial charge < -0.3 is 9.47 Å². The van der Waals surface area contributed by atoms with Crippen LogP contribution in [0, 0.1) is 13.8 Å². The van der Waals surface area contributed by atoms with E-state index in [0.717, 1.165) is 17.5 Å². The van der Waals surface area contributed by atoms with Crippen LogP contribution in [0.1, 0.15) is 41.8 Å². The smallest absolute Gasteiger partial charge is 0.279 e. The fraction of sp³-hybridized carbons (Fsp3) is 0.333. The van der Waals surface area contributed by atoms with Crippen molar-refractivity contribution in [1.29, 1.82) is 0 Å². The highest BCUT2D eigenvalue weighted by Crippen LogP contribution is 2.26. The summed E-state index contributed by atoms with van der Waals surface area (Å²) in [4.78, 5) is 24.5. The molecule has 0 radical (unpaired) electrons. The van der Waals surface area contributed by atoms with Crippen molar-refractivity contribution in [2.45, 2.75) is 40.2 Å². The standard InChI is InChI=1S/C21H25BrN2O4/c1-5-10-27-19-9-7-16(12-18(19)22)21(26)24-23-20(25)15(4)28-17-8-6-13(2)14(3)11-17/h6-9,11-12,15H,5,10H2,1-4H3,(H,23,25)(H,24,26). The fourth-order valence-electron chi connectivity index (χ4n) is 2.31. The largest absolute Gasteiger partial charge is 0.492 e. The van der Waals surface area contributed by atoms with Gasteiger partial charge in [-0.3, -0.25) is 20.4 Å².